The van der Waals surface area contributed by atoms with E-state index in [4.69, 9.17) is 0 Å². The fraction of sp³-hybridized carbons (Fsp3) is 0.462. The van der Waals surface area contributed by atoms with E-state index in [2.05, 4.69) is 21.2 Å². The second-order valence-electron chi connectivity index (χ2n) is 4.48. The molecular weight excluding hydrogens is 316 g/mol. The van der Waals surface area contributed by atoms with Gasteiger partial charge >= 0.3 is 0 Å². The van der Waals surface area contributed by atoms with Crippen LogP contribution in [-0.4, -0.2) is 30.9 Å². The monoisotopic (exact) mass is 332 g/mol. The van der Waals surface area contributed by atoms with Crippen LogP contribution < -0.4 is 5.32 Å². The van der Waals surface area contributed by atoms with Crippen molar-refractivity contribution >= 4 is 34.2 Å². The molecule has 1 aromatic rings. The Labute approximate surface area is 122 Å². The molecule has 100 valence electrons. The third kappa shape index (κ3) is 3.70. The smallest absolute Gasteiger partial charge is 0.227 e. The lowest BCUT2D eigenvalue weighted by atomic mass is 10.1. The summed E-state index contributed by atoms with van der Waals surface area (Å²) in [6, 6.07) is 8.03. The highest BCUT2D eigenvalue weighted by molar-refractivity contribution is 9.10. The number of benzene rings is 1. The molecule has 0 radical (unpaired) electrons. The Balaban J connectivity index is 0.00000162. The van der Waals surface area contributed by atoms with Crippen LogP contribution in [0.1, 0.15) is 12.0 Å². The number of halogens is 2. The number of nitrogens with zero attached hydrogens (tertiary/aromatic N) is 1. The van der Waals surface area contributed by atoms with Crippen LogP contribution in [0.25, 0.3) is 0 Å². The zero-order chi connectivity index (χ0) is 12.3. The van der Waals surface area contributed by atoms with Gasteiger partial charge in [0.2, 0.25) is 5.91 Å². The summed E-state index contributed by atoms with van der Waals surface area (Å²) in [4.78, 5) is 13.9. The van der Waals surface area contributed by atoms with E-state index in [0.717, 1.165) is 29.5 Å². The zero-order valence-electron chi connectivity index (χ0n) is 10.4. The van der Waals surface area contributed by atoms with E-state index in [0.29, 0.717) is 6.54 Å². The second kappa shape index (κ2) is 7.12. The van der Waals surface area contributed by atoms with Crippen LogP contribution in [0.5, 0.6) is 0 Å². The Morgan fingerprint density at radius 2 is 2.22 bits per heavy atom. The Morgan fingerprint density at radius 1 is 1.50 bits per heavy atom. The molecule has 1 aromatic carbocycles. The normalized spacial score (nSPS) is 18.2. The van der Waals surface area contributed by atoms with E-state index in [-0.39, 0.29) is 24.2 Å². The standard InChI is InChI=1S/C13H17BrN2O.ClH/c1-16(13(17)10-6-7-15-8-10)9-11-4-2-3-5-12(11)14;/h2-5,10,15H,6-9H2,1H3;1H. The summed E-state index contributed by atoms with van der Waals surface area (Å²) in [6.45, 7) is 2.44. The summed E-state index contributed by atoms with van der Waals surface area (Å²) in [7, 11) is 1.88. The van der Waals surface area contributed by atoms with Gasteiger partial charge in [-0.1, -0.05) is 34.1 Å². The second-order valence-corrected chi connectivity index (χ2v) is 5.33. The molecule has 1 atom stereocenters. The first-order valence-electron chi connectivity index (χ1n) is 5.87. The van der Waals surface area contributed by atoms with E-state index < -0.39 is 0 Å². The number of carbonyl (C=O) groups excluding carboxylic acids is 1. The SMILES string of the molecule is CN(Cc1ccccc1Br)C(=O)C1CCNC1.Cl. The maximum absolute atomic E-state index is 12.1. The molecule has 1 fully saturated rings. The number of amides is 1. The molecule has 3 nitrogen and oxygen atoms in total. The van der Waals surface area contributed by atoms with Crippen molar-refractivity contribution in [3.63, 3.8) is 0 Å². The van der Waals surface area contributed by atoms with Crippen molar-refractivity contribution < 1.29 is 4.79 Å². The van der Waals surface area contributed by atoms with Crippen LogP contribution in [0, 0.1) is 5.92 Å². The van der Waals surface area contributed by atoms with E-state index in [1.165, 1.54) is 0 Å². The molecule has 1 saturated heterocycles. The van der Waals surface area contributed by atoms with Crippen molar-refractivity contribution in [2.45, 2.75) is 13.0 Å². The number of hydrogen-bond acceptors (Lipinski definition) is 2. The van der Waals surface area contributed by atoms with Crippen molar-refractivity contribution in [3.05, 3.63) is 34.3 Å². The van der Waals surface area contributed by atoms with Crippen molar-refractivity contribution in [2.24, 2.45) is 5.92 Å². The Hall–Kier alpha value is -0.580. The third-order valence-corrected chi connectivity index (χ3v) is 3.92. The van der Waals surface area contributed by atoms with Crippen molar-refractivity contribution in [1.29, 1.82) is 0 Å². The lowest BCUT2D eigenvalue weighted by molar-refractivity contribution is -0.134. The third-order valence-electron chi connectivity index (χ3n) is 3.15. The highest BCUT2D eigenvalue weighted by Gasteiger charge is 2.25. The summed E-state index contributed by atoms with van der Waals surface area (Å²) in [5.41, 5.74) is 1.15. The van der Waals surface area contributed by atoms with Gasteiger partial charge in [-0.15, -0.1) is 12.4 Å². The summed E-state index contributed by atoms with van der Waals surface area (Å²) in [5.74, 6) is 0.397. The van der Waals surface area contributed by atoms with Gasteiger partial charge in [0.25, 0.3) is 0 Å². The van der Waals surface area contributed by atoms with E-state index >= 15 is 0 Å². The van der Waals surface area contributed by atoms with Crippen LogP contribution in [0.15, 0.2) is 28.7 Å². The molecule has 0 aliphatic carbocycles. The summed E-state index contributed by atoms with van der Waals surface area (Å²) < 4.78 is 1.06. The van der Waals surface area contributed by atoms with Gasteiger partial charge in [0, 0.05) is 24.6 Å². The van der Waals surface area contributed by atoms with Gasteiger partial charge in [0.05, 0.1) is 5.92 Å². The number of hydrogen-bond donors (Lipinski definition) is 1. The number of rotatable bonds is 3. The van der Waals surface area contributed by atoms with E-state index in [1.807, 2.05) is 36.2 Å². The molecule has 5 heteroatoms. The number of carbonyl (C=O) groups is 1. The summed E-state index contributed by atoms with van der Waals surface area (Å²) in [6.07, 6.45) is 0.957. The first kappa shape index (κ1) is 15.5. The predicted octanol–water partition coefficient (Wildman–Crippen LogP) is 2.44. The molecule has 0 spiro atoms. The lowest BCUT2D eigenvalue weighted by Crippen LogP contribution is -2.33. The predicted molar refractivity (Wildman–Crippen MR) is 78.8 cm³/mol. The molecule has 1 N–H and O–H groups in total. The first-order valence-corrected chi connectivity index (χ1v) is 6.67. The van der Waals surface area contributed by atoms with Gasteiger partial charge in [0.1, 0.15) is 0 Å². The van der Waals surface area contributed by atoms with Gasteiger partial charge in [-0.05, 0) is 24.6 Å². The van der Waals surface area contributed by atoms with Crippen molar-refractivity contribution in [1.82, 2.24) is 10.2 Å². The molecule has 1 aliphatic rings. The van der Waals surface area contributed by atoms with Crippen LogP contribution in [0.4, 0.5) is 0 Å². The zero-order valence-corrected chi connectivity index (χ0v) is 12.8. The van der Waals surface area contributed by atoms with Gasteiger partial charge in [-0.25, -0.2) is 0 Å². The van der Waals surface area contributed by atoms with Crippen LogP contribution in [-0.2, 0) is 11.3 Å². The minimum atomic E-state index is 0. The fourth-order valence-corrected chi connectivity index (χ4v) is 2.55. The Morgan fingerprint density at radius 3 is 2.83 bits per heavy atom. The summed E-state index contributed by atoms with van der Waals surface area (Å²) >= 11 is 3.51. The average Bonchev–Trinajstić information content (AvgIpc) is 2.84. The molecule has 0 bridgehead atoms. The van der Waals surface area contributed by atoms with Crippen molar-refractivity contribution in [2.75, 3.05) is 20.1 Å². The molecule has 0 saturated carbocycles. The van der Waals surface area contributed by atoms with E-state index in [1.54, 1.807) is 0 Å². The molecule has 0 aromatic heterocycles. The maximum atomic E-state index is 12.1. The molecule has 1 heterocycles. The number of nitrogens with one attached hydrogen (secondary N) is 1. The average molecular weight is 334 g/mol. The summed E-state index contributed by atoms with van der Waals surface area (Å²) in [5, 5.41) is 3.23. The topological polar surface area (TPSA) is 32.3 Å². The van der Waals surface area contributed by atoms with Gasteiger partial charge in [-0.2, -0.15) is 0 Å². The molecule has 1 amide bonds. The van der Waals surface area contributed by atoms with Gasteiger partial charge < -0.3 is 10.2 Å². The van der Waals surface area contributed by atoms with Gasteiger partial charge in [0.15, 0.2) is 0 Å². The lowest BCUT2D eigenvalue weighted by Gasteiger charge is -2.21. The van der Waals surface area contributed by atoms with Crippen LogP contribution in [0.2, 0.25) is 0 Å². The van der Waals surface area contributed by atoms with Gasteiger partial charge in [-0.3, -0.25) is 4.79 Å². The quantitative estimate of drug-likeness (QED) is 0.921. The maximum Gasteiger partial charge on any atom is 0.227 e. The molecule has 18 heavy (non-hydrogen) atoms. The largest absolute Gasteiger partial charge is 0.341 e. The minimum absolute atomic E-state index is 0. The van der Waals surface area contributed by atoms with Crippen LogP contribution >= 0.6 is 28.3 Å². The van der Waals surface area contributed by atoms with E-state index in [9.17, 15) is 4.79 Å². The molecule has 1 aliphatic heterocycles. The Kier molecular flexibility index (Phi) is 6.12. The fourth-order valence-electron chi connectivity index (χ4n) is 2.14. The highest BCUT2D eigenvalue weighted by Crippen LogP contribution is 2.19. The molecule has 1 unspecified atom stereocenters. The molecule has 2 rings (SSSR count). The highest BCUT2D eigenvalue weighted by atomic mass is 79.9. The minimum Gasteiger partial charge on any atom is -0.341 e. The Bertz CT molecular complexity index is 408. The first-order chi connectivity index (χ1) is 8.18. The van der Waals surface area contributed by atoms with Crippen LogP contribution in [0.3, 0.4) is 0 Å². The van der Waals surface area contributed by atoms with Crippen molar-refractivity contribution in [3.8, 4) is 0 Å². The molecular formula is C13H18BrClN2O.